The zero-order valence-electron chi connectivity index (χ0n) is 20.4. The predicted molar refractivity (Wildman–Crippen MR) is 135 cm³/mol. The lowest BCUT2D eigenvalue weighted by Gasteiger charge is -2.29. The van der Waals surface area contributed by atoms with Crippen LogP contribution < -0.4 is 10.3 Å². The van der Waals surface area contributed by atoms with E-state index >= 15 is 0 Å². The van der Waals surface area contributed by atoms with Gasteiger partial charge in [0.1, 0.15) is 6.10 Å². The Morgan fingerprint density at radius 1 is 1.06 bits per heavy atom. The number of aryl methyl sites for hydroxylation is 1. The molecule has 1 aromatic carbocycles. The number of hydrogen-bond acceptors (Lipinski definition) is 8. The second-order valence-electron chi connectivity index (χ2n) is 8.90. The second-order valence-corrected chi connectivity index (χ2v) is 8.90. The summed E-state index contributed by atoms with van der Waals surface area (Å²) in [6.07, 6.45) is 7.02. The van der Waals surface area contributed by atoms with Gasteiger partial charge < -0.3 is 9.47 Å². The van der Waals surface area contributed by atoms with E-state index in [0.717, 1.165) is 49.5 Å². The zero-order chi connectivity index (χ0) is 24.9. The molecule has 1 aliphatic heterocycles. The molecule has 186 valence electrons. The third kappa shape index (κ3) is 5.84. The number of nitrogens with zero attached hydrogens (tertiary/aromatic N) is 7. The molecule has 0 amide bonds. The second kappa shape index (κ2) is 10.8. The van der Waals surface area contributed by atoms with Gasteiger partial charge in [-0.25, -0.2) is 14.6 Å². The van der Waals surface area contributed by atoms with Gasteiger partial charge in [-0.05, 0) is 24.6 Å². The minimum absolute atomic E-state index is 0.0223. The van der Waals surface area contributed by atoms with Crippen LogP contribution in [0.4, 0.5) is 0 Å². The van der Waals surface area contributed by atoms with Crippen LogP contribution in [0.5, 0.6) is 5.75 Å². The van der Waals surface area contributed by atoms with Gasteiger partial charge in [-0.3, -0.25) is 14.4 Å². The molecule has 36 heavy (non-hydrogen) atoms. The fourth-order valence-electron chi connectivity index (χ4n) is 4.19. The van der Waals surface area contributed by atoms with Crippen molar-refractivity contribution < 1.29 is 9.47 Å². The van der Waals surface area contributed by atoms with Gasteiger partial charge in [-0.15, -0.1) is 0 Å². The van der Waals surface area contributed by atoms with E-state index in [-0.39, 0.29) is 11.7 Å². The zero-order valence-corrected chi connectivity index (χ0v) is 20.4. The molecule has 0 aliphatic carbocycles. The molecular formula is C26H29N7O3. The van der Waals surface area contributed by atoms with Crippen molar-refractivity contribution in [1.29, 1.82) is 0 Å². The lowest BCUT2D eigenvalue weighted by Crippen LogP contribution is -2.41. The van der Waals surface area contributed by atoms with Gasteiger partial charge in [0.15, 0.2) is 11.6 Å². The van der Waals surface area contributed by atoms with Gasteiger partial charge in [0.2, 0.25) is 0 Å². The molecular weight excluding hydrogens is 458 g/mol. The van der Waals surface area contributed by atoms with E-state index in [2.05, 4.69) is 25.1 Å². The molecule has 4 heterocycles. The molecule has 5 rings (SSSR count). The minimum Gasteiger partial charge on any atom is -0.486 e. The van der Waals surface area contributed by atoms with Crippen molar-refractivity contribution >= 4 is 0 Å². The molecule has 1 saturated heterocycles. The summed E-state index contributed by atoms with van der Waals surface area (Å²) in [4.78, 5) is 23.8. The number of aromatic nitrogens is 6. The van der Waals surface area contributed by atoms with Crippen molar-refractivity contribution in [3.8, 4) is 28.4 Å². The van der Waals surface area contributed by atoms with Crippen LogP contribution in [0.3, 0.4) is 0 Å². The van der Waals surface area contributed by atoms with E-state index < -0.39 is 0 Å². The van der Waals surface area contributed by atoms with Crippen LogP contribution in [-0.4, -0.2) is 73.4 Å². The highest BCUT2D eigenvalue weighted by Gasteiger charge is 2.15. The highest BCUT2D eigenvalue weighted by atomic mass is 16.5. The summed E-state index contributed by atoms with van der Waals surface area (Å²) in [5.41, 5.74) is 3.16. The van der Waals surface area contributed by atoms with Crippen molar-refractivity contribution in [2.45, 2.75) is 19.6 Å². The number of rotatable bonds is 8. The molecule has 0 saturated carbocycles. The summed E-state index contributed by atoms with van der Waals surface area (Å²) in [6.45, 7) is 6.61. The van der Waals surface area contributed by atoms with Crippen LogP contribution in [0.25, 0.3) is 22.6 Å². The Morgan fingerprint density at radius 3 is 2.61 bits per heavy atom. The number of hydrogen-bond donors (Lipinski definition) is 0. The number of ether oxygens (including phenoxy) is 2. The van der Waals surface area contributed by atoms with E-state index in [9.17, 15) is 4.79 Å². The summed E-state index contributed by atoms with van der Waals surface area (Å²) >= 11 is 0. The van der Waals surface area contributed by atoms with Crippen LogP contribution in [0.15, 0.2) is 66.0 Å². The molecule has 0 bridgehead atoms. The monoisotopic (exact) mass is 487 g/mol. The summed E-state index contributed by atoms with van der Waals surface area (Å²) < 4.78 is 14.6. The summed E-state index contributed by atoms with van der Waals surface area (Å²) in [7, 11) is 1.85. The fourth-order valence-corrected chi connectivity index (χ4v) is 4.19. The third-order valence-electron chi connectivity index (χ3n) is 5.97. The van der Waals surface area contributed by atoms with Crippen LogP contribution in [0.2, 0.25) is 0 Å². The van der Waals surface area contributed by atoms with Gasteiger partial charge in [0.05, 0.1) is 44.0 Å². The standard InChI is InChI=1S/C26H29N7O3/c1-19(16-32-8-10-35-11-9-32)36-23-14-27-26(28-15-23)21-5-3-4-20(12-21)17-33-25(34)7-6-24(30-33)22-13-29-31(2)18-22/h3-7,12-15,18-19H,8-11,16-17H2,1-2H3/t19-/m0/s1. The molecule has 10 nitrogen and oxygen atoms in total. The van der Waals surface area contributed by atoms with Crippen molar-refractivity contribution in [2.24, 2.45) is 7.05 Å². The van der Waals surface area contributed by atoms with E-state index in [4.69, 9.17) is 9.47 Å². The Bertz CT molecular complexity index is 1360. The first-order chi connectivity index (χ1) is 17.5. The van der Waals surface area contributed by atoms with Crippen molar-refractivity contribution in [3.05, 3.63) is 77.1 Å². The summed E-state index contributed by atoms with van der Waals surface area (Å²) in [5, 5.41) is 8.71. The normalized spacial score (nSPS) is 15.1. The van der Waals surface area contributed by atoms with Gasteiger partial charge in [-0.2, -0.15) is 10.2 Å². The Morgan fingerprint density at radius 2 is 1.86 bits per heavy atom. The Balaban J connectivity index is 1.26. The van der Waals surface area contributed by atoms with Crippen LogP contribution in [0, 0.1) is 0 Å². The SMILES string of the molecule is C[C@@H](CN1CCOCC1)Oc1cnc(-c2cccc(Cn3nc(-c4cnn(C)c4)ccc3=O)c2)nc1. The van der Waals surface area contributed by atoms with Gasteiger partial charge >= 0.3 is 0 Å². The van der Waals surface area contributed by atoms with E-state index in [1.807, 2.05) is 44.4 Å². The lowest BCUT2D eigenvalue weighted by molar-refractivity contribution is 0.0218. The molecule has 3 aromatic heterocycles. The average molecular weight is 488 g/mol. The van der Waals surface area contributed by atoms with E-state index in [1.54, 1.807) is 29.3 Å². The molecule has 0 spiro atoms. The average Bonchev–Trinajstić information content (AvgIpc) is 3.33. The smallest absolute Gasteiger partial charge is 0.267 e. The number of morpholine rings is 1. The van der Waals surface area contributed by atoms with Gasteiger partial charge in [0.25, 0.3) is 5.56 Å². The Kier molecular flexibility index (Phi) is 7.15. The molecule has 0 unspecified atom stereocenters. The Labute approximate surface area is 209 Å². The molecule has 0 N–H and O–H groups in total. The van der Waals surface area contributed by atoms with Crippen molar-refractivity contribution in [1.82, 2.24) is 34.4 Å². The summed E-state index contributed by atoms with van der Waals surface area (Å²) in [6, 6.07) is 11.1. The van der Waals surface area contributed by atoms with Crippen LogP contribution in [0.1, 0.15) is 12.5 Å². The quantitative estimate of drug-likeness (QED) is 0.373. The van der Waals surface area contributed by atoms with Crippen molar-refractivity contribution in [2.75, 3.05) is 32.8 Å². The molecule has 10 heteroatoms. The van der Waals surface area contributed by atoms with Crippen LogP contribution >= 0.6 is 0 Å². The topological polar surface area (TPSA) is 100 Å². The van der Waals surface area contributed by atoms with E-state index in [1.165, 1.54) is 10.7 Å². The molecule has 1 fully saturated rings. The van der Waals surface area contributed by atoms with Crippen molar-refractivity contribution in [3.63, 3.8) is 0 Å². The third-order valence-corrected chi connectivity index (χ3v) is 5.97. The highest BCUT2D eigenvalue weighted by molar-refractivity contribution is 5.57. The minimum atomic E-state index is -0.169. The first-order valence-electron chi connectivity index (χ1n) is 12.0. The van der Waals surface area contributed by atoms with Crippen LogP contribution in [-0.2, 0) is 18.3 Å². The lowest BCUT2D eigenvalue weighted by atomic mass is 10.1. The molecule has 1 atom stereocenters. The number of benzene rings is 1. The van der Waals surface area contributed by atoms with Gasteiger partial charge in [-0.1, -0.05) is 18.2 Å². The molecule has 0 radical (unpaired) electrons. The maximum Gasteiger partial charge on any atom is 0.267 e. The Hall–Kier alpha value is -3.89. The highest BCUT2D eigenvalue weighted by Crippen LogP contribution is 2.20. The molecule has 1 aliphatic rings. The molecule has 4 aromatic rings. The fraction of sp³-hybridized carbons (Fsp3) is 0.346. The first kappa shape index (κ1) is 23.8. The first-order valence-corrected chi connectivity index (χ1v) is 12.0. The summed E-state index contributed by atoms with van der Waals surface area (Å²) in [5.74, 6) is 1.23. The predicted octanol–water partition coefficient (Wildman–Crippen LogP) is 2.25. The van der Waals surface area contributed by atoms with E-state index in [0.29, 0.717) is 23.8 Å². The largest absolute Gasteiger partial charge is 0.486 e. The maximum atomic E-state index is 12.5. The van der Waals surface area contributed by atoms with Gasteiger partial charge in [0, 0.05) is 50.1 Å². The maximum absolute atomic E-state index is 12.5.